The highest BCUT2D eigenvalue weighted by atomic mass is 19.1. The quantitative estimate of drug-likeness (QED) is 0.372. The van der Waals surface area contributed by atoms with Gasteiger partial charge in [-0.2, -0.15) is 5.10 Å². The summed E-state index contributed by atoms with van der Waals surface area (Å²) in [7, 11) is 0. The molecule has 1 saturated carbocycles. The number of nitrogens with zero attached hydrogens (tertiary/aromatic N) is 2. The number of aromatic nitrogens is 2. The standard InChI is InChI=1S/C24H22FN3O/c25-19-11-5-10-18(14-19)24(17-8-2-1-3-9-17)13-12-20-21(15-24)26-27-23(20)22(28-29)16-6-4-7-16/h1-3,5,8-14,16,29H,4,6-7,15H2,(H,26,27)/b28-22+. The van der Waals surface area contributed by atoms with Crippen LogP contribution in [0.3, 0.4) is 0 Å². The molecule has 1 aromatic heterocycles. The molecule has 29 heavy (non-hydrogen) atoms. The van der Waals surface area contributed by atoms with E-state index in [-0.39, 0.29) is 11.7 Å². The fourth-order valence-corrected chi connectivity index (χ4v) is 4.53. The van der Waals surface area contributed by atoms with Crippen molar-refractivity contribution >= 4 is 11.8 Å². The van der Waals surface area contributed by atoms with Crippen molar-refractivity contribution in [2.24, 2.45) is 11.1 Å². The molecule has 1 unspecified atom stereocenters. The number of aromatic amines is 1. The second-order valence-corrected chi connectivity index (χ2v) is 7.94. The third kappa shape index (κ3) is 2.89. The van der Waals surface area contributed by atoms with E-state index >= 15 is 0 Å². The molecule has 1 heterocycles. The zero-order valence-corrected chi connectivity index (χ0v) is 16.0. The highest BCUT2D eigenvalue weighted by molar-refractivity contribution is 6.03. The van der Waals surface area contributed by atoms with Crippen LogP contribution in [0.25, 0.3) is 6.08 Å². The van der Waals surface area contributed by atoms with Crippen LogP contribution >= 0.6 is 0 Å². The normalized spacial score (nSPS) is 21.6. The van der Waals surface area contributed by atoms with Gasteiger partial charge in [-0.1, -0.05) is 66.2 Å². The number of nitrogens with one attached hydrogen (secondary N) is 1. The molecule has 3 aromatic rings. The van der Waals surface area contributed by atoms with Crippen molar-refractivity contribution < 1.29 is 9.60 Å². The molecule has 0 saturated heterocycles. The van der Waals surface area contributed by atoms with E-state index in [1.165, 1.54) is 6.07 Å². The maximum absolute atomic E-state index is 14.1. The number of allylic oxidation sites excluding steroid dienone is 1. The Hall–Kier alpha value is -3.21. The fourth-order valence-electron chi connectivity index (χ4n) is 4.53. The zero-order chi connectivity index (χ0) is 19.8. The van der Waals surface area contributed by atoms with Crippen molar-refractivity contribution in [1.29, 1.82) is 0 Å². The Morgan fingerprint density at radius 2 is 1.90 bits per heavy atom. The van der Waals surface area contributed by atoms with Crippen LogP contribution in [0.5, 0.6) is 0 Å². The number of H-pyrrole nitrogens is 1. The van der Waals surface area contributed by atoms with Crippen molar-refractivity contribution in [3.8, 4) is 0 Å². The van der Waals surface area contributed by atoms with Gasteiger partial charge in [-0.05, 0) is 36.1 Å². The van der Waals surface area contributed by atoms with Crippen molar-refractivity contribution in [2.45, 2.75) is 31.1 Å². The van der Waals surface area contributed by atoms with Crippen LogP contribution in [0, 0.1) is 11.7 Å². The van der Waals surface area contributed by atoms with Crippen LogP contribution < -0.4 is 0 Å². The predicted octanol–water partition coefficient (Wildman–Crippen LogP) is 5.08. The molecule has 0 aliphatic heterocycles. The average molecular weight is 387 g/mol. The van der Waals surface area contributed by atoms with Gasteiger partial charge in [0.15, 0.2) is 0 Å². The molecular weight excluding hydrogens is 365 g/mol. The summed E-state index contributed by atoms with van der Waals surface area (Å²) in [6.07, 6.45) is 8.02. The number of oxime groups is 1. The minimum atomic E-state index is -0.493. The van der Waals surface area contributed by atoms with Crippen LogP contribution in [-0.2, 0) is 11.8 Å². The Morgan fingerprint density at radius 3 is 2.59 bits per heavy atom. The molecular formula is C24H22FN3O. The SMILES string of the molecule is O/N=C(/c1n[nH]c2c1C=CC(c1ccccc1)(c1cccc(F)c1)C2)C1CCC1. The van der Waals surface area contributed by atoms with Crippen molar-refractivity contribution in [3.05, 3.63) is 94.6 Å². The van der Waals surface area contributed by atoms with Crippen LogP contribution in [-0.4, -0.2) is 21.1 Å². The van der Waals surface area contributed by atoms with Crippen LogP contribution in [0.2, 0.25) is 0 Å². The second kappa shape index (κ2) is 6.99. The molecule has 1 fully saturated rings. The smallest absolute Gasteiger partial charge is 0.123 e. The molecule has 4 nitrogen and oxygen atoms in total. The average Bonchev–Trinajstić information content (AvgIpc) is 3.13. The maximum Gasteiger partial charge on any atom is 0.123 e. The molecule has 2 aliphatic rings. The van der Waals surface area contributed by atoms with E-state index < -0.39 is 5.41 Å². The number of hydrogen-bond donors (Lipinski definition) is 2. The van der Waals surface area contributed by atoms with E-state index in [0.29, 0.717) is 12.1 Å². The van der Waals surface area contributed by atoms with E-state index in [2.05, 4.69) is 33.6 Å². The van der Waals surface area contributed by atoms with E-state index in [0.717, 1.165) is 47.3 Å². The Bertz CT molecular complexity index is 1100. The van der Waals surface area contributed by atoms with Gasteiger partial charge in [0.2, 0.25) is 0 Å². The van der Waals surface area contributed by atoms with Gasteiger partial charge in [-0.3, -0.25) is 5.10 Å². The second-order valence-electron chi connectivity index (χ2n) is 7.94. The summed E-state index contributed by atoms with van der Waals surface area (Å²) in [5.41, 5.74) is 4.83. The predicted molar refractivity (Wildman–Crippen MR) is 111 cm³/mol. The summed E-state index contributed by atoms with van der Waals surface area (Å²) in [5.74, 6) is 0.0202. The molecule has 0 radical (unpaired) electrons. The summed E-state index contributed by atoms with van der Waals surface area (Å²) >= 11 is 0. The van der Waals surface area contributed by atoms with Gasteiger partial charge < -0.3 is 5.21 Å². The topological polar surface area (TPSA) is 61.3 Å². The molecule has 1 atom stereocenters. The van der Waals surface area contributed by atoms with Crippen LogP contribution in [0.15, 0.2) is 65.8 Å². The first kappa shape index (κ1) is 17.9. The third-order valence-electron chi connectivity index (χ3n) is 6.34. The number of benzene rings is 2. The highest BCUT2D eigenvalue weighted by Crippen LogP contribution is 2.42. The molecule has 0 bridgehead atoms. The first-order valence-electron chi connectivity index (χ1n) is 10.0. The molecule has 2 aliphatic carbocycles. The fraction of sp³-hybridized carbons (Fsp3) is 0.250. The molecule has 2 N–H and O–H groups in total. The highest BCUT2D eigenvalue weighted by Gasteiger charge is 2.38. The van der Waals surface area contributed by atoms with Gasteiger partial charge in [0.25, 0.3) is 0 Å². The van der Waals surface area contributed by atoms with Gasteiger partial charge in [0.05, 0.1) is 0 Å². The van der Waals surface area contributed by atoms with Crippen molar-refractivity contribution in [2.75, 3.05) is 0 Å². The largest absolute Gasteiger partial charge is 0.411 e. The van der Waals surface area contributed by atoms with Crippen LogP contribution in [0.1, 0.15) is 47.3 Å². The molecule has 5 rings (SSSR count). The van der Waals surface area contributed by atoms with Crippen molar-refractivity contribution in [3.63, 3.8) is 0 Å². The number of fused-ring (bicyclic) bond motifs is 1. The van der Waals surface area contributed by atoms with Crippen LogP contribution in [0.4, 0.5) is 4.39 Å². The Labute approximate surface area is 168 Å². The Morgan fingerprint density at radius 1 is 1.10 bits per heavy atom. The lowest BCUT2D eigenvalue weighted by molar-refractivity contribution is 0.305. The lowest BCUT2D eigenvalue weighted by Crippen LogP contribution is -2.31. The zero-order valence-electron chi connectivity index (χ0n) is 16.0. The van der Waals surface area contributed by atoms with Gasteiger partial charge in [-0.25, -0.2) is 4.39 Å². The molecule has 5 heteroatoms. The van der Waals surface area contributed by atoms with E-state index in [4.69, 9.17) is 0 Å². The van der Waals surface area contributed by atoms with Gasteiger partial charge >= 0.3 is 0 Å². The Kier molecular flexibility index (Phi) is 4.31. The van der Waals surface area contributed by atoms with Gasteiger partial charge in [0, 0.05) is 29.0 Å². The maximum atomic E-state index is 14.1. The lowest BCUT2D eigenvalue weighted by atomic mass is 9.68. The van der Waals surface area contributed by atoms with E-state index in [1.54, 1.807) is 12.1 Å². The molecule has 0 spiro atoms. The van der Waals surface area contributed by atoms with Gasteiger partial charge in [-0.15, -0.1) is 0 Å². The lowest BCUT2D eigenvalue weighted by Gasteiger charge is -2.34. The Balaban J connectivity index is 1.62. The minimum absolute atomic E-state index is 0.248. The number of rotatable bonds is 4. The summed E-state index contributed by atoms with van der Waals surface area (Å²) in [4.78, 5) is 0. The molecule has 2 aromatic carbocycles. The van der Waals surface area contributed by atoms with E-state index in [9.17, 15) is 9.60 Å². The third-order valence-corrected chi connectivity index (χ3v) is 6.34. The van der Waals surface area contributed by atoms with Crippen molar-refractivity contribution in [1.82, 2.24) is 10.2 Å². The summed E-state index contributed by atoms with van der Waals surface area (Å²) in [5, 5.41) is 20.8. The summed E-state index contributed by atoms with van der Waals surface area (Å²) in [6, 6.07) is 16.9. The summed E-state index contributed by atoms with van der Waals surface area (Å²) < 4.78 is 14.1. The minimum Gasteiger partial charge on any atom is -0.411 e. The first-order valence-corrected chi connectivity index (χ1v) is 10.0. The molecule has 146 valence electrons. The number of halogens is 1. The molecule has 0 amide bonds. The monoisotopic (exact) mass is 387 g/mol. The van der Waals surface area contributed by atoms with E-state index in [1.807, 2.05) is 30.3 Å². The first-order chi connectivity index (χ1) is 14.2. The summed E-state index contributed by atoms with van der Waals surface area (Å²) in [6.45, 7) is 0. The van der Waals surface area contributed by atoms with Gasteiger partial charge in [0.1, 0.15) is 17.2 Å². The number of hydrogen-bond acceptors (Lipinski definition) is 3.